The van der Waals surface area contributed by atoms with E-state index in [9.17, 15) is 0 Å². The highest BCUT2D eigenvalue weighted by Gasteiger charge is 1.96. The van der Waals surface area contributed by atoms with Crippen molar-refractivity contribution < 1.29 is 0 Å². The highest BCUT2D eigenvalue weighted by molar-refractivity contribution is 14.1. The van der Waals surface area contributed by atoms with Gasteiger partial charge in [0, 0.05) is 17.6 Å². The van der Waals surface area contributed by atoms with Crippen LogP contribution < -0.4 is 5.32 Å². The Morgan fingerprint density at radius 3 is 2.93 bits per heavy atom. The predicted molar refractivity (Wildman–Crippen MR) is 71.3 cm³/mol. The molecule has 1 heterocycles. The third kappa shape index (κ3) is 5.26. The molecule has 4 heteroatoms. The zero-order valence-corrected chi connectivity index (χ0v) is 11.5. The van der Waals surface area contributed by atoms with Gasteiger partial charge in [-0.1, -0.05) is 29.0 Å². The monoisotopic (exact) mass is 324 g/mol. The molecule has 1 N–H and O–H groups in total. The van der Waals surface area contributed by atoms with E-state index in [-0.39, 0.29) is 0 Å². The van der Waals surface area contributed by atoms with E-state index in [4.69, 9.17) is 0 Å². The lowest BCUT2D eigenvalue weighted by Crippen LogP contribution is -2.14. The predicted octanol–water partition coefficient (Wildman–Crippen LogP) is 3.15. The molecular formula is C10H17IN2S. The van der Waals surface area contributed by atoms with Crippen LogP contribution in [0, 0.1) is 6.92 Å². The first-order valence-electron chi connectivity index (χ1n) is 5.00. The Bertz CT molecular complexity index is 250. The number of alkyl halides is 1. The van der Waals surface area contributed by atoms with Gasteiger partial charge in [0.15, 0.2) is 0 Å². The second-order valence-corrected chi connectivity index (χ2v) is 5.33. The van der Waals surface area contributed by atoms with Crippen molar-refractivity contribution in [3.8, 4) is 0 Å². The van der Waals surface area contributed by atoms with Gasteiger partial charge in [-0.2, -0.15) is 0 Å². The van der Waals surface area contributed by atoms with E-state index in [1.165, 1.54) is 28.7 Å². The number of aryl methyl sites for hydroxylation is 1. The molecule has 0 fully saturated rings. The van der Waals surface area contributed by atoms with Crippen LogP contribution in [0.5, 0.6) is 0 Å². The van der Waals surface area contributed by atoms with Crippen LogP contribution in [0.1, 0.15) is 30.0 Å². The van der Waals surface area contributed by atoms with E-state index in [0.717, 1.165) is 18.8 Å². The van der Waals surface area contributed by atoms with Gasteiger partial charge in [-0.3, -0.25) is 0 Å². The normalized spacial score (nSPS) is 10.7. The molecule has 14 heavy (non-hydrogen) atoms. The summed E-state index contributed by atoms with van der Waals surface area (Å²) in [5, 5.41) is 6.73. The number of thiazole rings is 1. The van der Waals surface area contributed by atoms with Gasteiger partial charge >= 0.3 is 0 Å². The Balaban J connectivity index is 1.99. The summed E-state index contributed by atoms with van der Waals surface area (Å²) < 4.78 is 1.28. The van der Waals surface area contributed by atoms with Crippen molar-refractivity contribution >= 4 is 33.9 Å². The molecule has 1 aromatic rings. The summed E-state index contributed by atoms with van der Waals surface area (Å²) in [6.45, 7) is 4.10. The molecule has 0 saturated heterocycles. The zero-order chi connectivity index (χ0) is 10.2. The minimum absolute atomic E-state index is 0.933. The average Bonchev–Trinajstić information content (AvgIpc) is 2.58. The highest BCUT2D eigenvalue weighted by Crippen LogP contribution is 2.07. The first kappa shape index (κ1) is 12.4. The van der Waals surface area contributed by atoms with Gasteiger partial charge in [-0.05, 0) is 30.7 Å². The largest absolute Gasteiger partial charge is 0.310 e. The lowest BCUT2D eigenvalue weighted by molar-refractivity contribution is 0.618. The van der Waals surface area contributed by atoms with Crippen LogP contribution >= 0.6 is 33.9 Å². The molecule has 0 aliphatic carbocycles. The molecule has 1 rings (SSSR count). The second-order valence-electron chi connectivity index (χ2n) is 3.31. The van der Waals surface area contributed by atoms with Crippen LogP contribution in [0.25, 0.3) is 0 Å². The first-order valence-corrected chi connectivity index (χ1v) is 7.41. The topological polar surface area (TPSA) is 24.9 Å². The van der Waals surface area contributed by atoms with Gasteiger partial charge in [-0.25, -0.2) is 4.98 Å². The standard InChI is InChI=1S/C10H17IN2S/c1-9-8-14-10(13-9)7-12-6-4-2-3-5-11/h8,12H,2-7H2,1H3. The Kier molecular flexibility index (Phi) is 6.72. The summed E-state index contributed by atoms with van der Waals surface area (Å²) in [7, 11) is 0. The van der Waals surface area contributed by atoms with Gasteiger partial charge in [0.2, 0.25) is 0 Å². The molecule has 80 valence electrons. The van der Waals surface area contributed by atoms with Crippen molar-refractivity contribution in [1.82, 2.24) is 10.3 Å². The van der Waals surface area contributed by atoms with Crippen LogP contribution in [0.15, 0.2) is 5.38 Å². The molecule has 2 nitrogen and oxygen atoms in total. The number of unbranched alkanes of at least 4 members (excludes halogenated alkanes) is 2. The summed E-state index contributed by atoms with van der Waals surface area (Å²) in [5.41, 5.74) is 1.14. The number of hydrogen-bond acceptors (Lipinski definition) is 3. The first-order chi connectivity index (χ1) is 6.83. The average molecular weight is 324 g/mol. The van der Waals surface area contributed by atoms with Crippen molar-refractivity contribution in [2.45, 2.75) is 32.7 Å². The Hall–Kier alpha value is 0.320. The van der Waals surface area contributed by atoms with Gasteiger partial charge in [0.1, 0.15) is 5.01 Å². The Morgan fingerprint density at radius 1 is 1.43 bits per heavy atom. The number of nitrogens with zero attached hydrogens (tertiary/aromatic N) is 1. The smallest absolute Gasteiger partial charge is 0.107 e. The van der Waals surface area contributed by atoms with E-state index in [1.54, 1.807) is 11.3 Å². The molecule has 0 radical (unpaired) electrons. The number of rotatable bonds is 7. The quantitative estimate of drug-likeness (QED) is 0.473. The van der Waals surface area contributed by atoms with Gasteiger partial charge in [0.25, 0.3) is 0 Å². The van der Waals surface area contributed by atoms with Gasteiger partial charge in [0.05, 0.1) is 0 Å². The Labute approximate surface area is 104 Å². The van der Waals surface area contributed by atoms with Crippen LogP contribution in [0.3, 0.4) is 0 Å². The van der Waals surface area contributed by atoms with Crippen LogP contribution in [0.4, 0.5) is 0 Å². The summed E-state index contributed by atoms with van der Waals surface area (Å²) in [6.07, 6.45) is 3.97. The maximum atomic E-state index is 4.40. The van der Waals surface area contributed by atoms with Crippen molar-refractivity contribution in [2.75, 3.05) is 11.0 Å². The third-order valence-corrected chi connectivity index (χ3v) is 3.66. The van der Waals surface area contributed by atoms with E-state index < -0.39 is 0 Å². The number of nitrogens with one attached hydrogen (secondary N) is 1. The molecule has 0 amide bonds. The van der Waals surface area contributed by atoms with E-state index in [1.807, 2.05) is 6.92 Å². The molecule has 0 saturated carbocycles. The number of hydrogen-bond donors (Lipinski definition) is 1. The zero-order valence-electron chi connectivity index (χ0n) is 8.55. The van der Waals surface area contributed by atoms with Crippen LogP contribution in [-0.4, -0.2) is 16.0 Å². The van der Waals surface area contributed by atoms with Gasteiger partial charge in [-0.15, -0.1) is 11.3 Å². The van der Waals surface area contributed by atoms with E-state index in [0.29, 0.717) is 0 Å². The summed E-state index contributed by atoms with van der Waals surface area (Å²) in [5.74, 6) is 0. The summed E-state index contributed by atoms with van der Waals surface area (Å²) in [6, 6.07) is 0. The molecule has 0 aliphatic rings. The van der Waals surface area contributed by atoms with Crippen molar-refractivity contribution in [3.63, 3.8) is 0 Å². The molecule has 0 aromatic carbocycles. The number of aromatic nitrogens is 1. The fourth-order valence-electron chi connectivity index (χ4n) is 1.20. The molecule has 1 aromatic heterocycles. The van der Waals surface area contributed by atoms with Crippen molar-refractivity contribution in [1.29, 1.82) is 0 Å². The lowest BCUT2D eigenvalue weighted by Gasteiger charge is -2.01. The maximum Gasteiger partial charge on any atom is 0.107 e. The SMILES string of the molecule is Cc1csc(CNCCCCCI)n1. The summed E-state index contributed by atoms with van der Waals surface area (Å²) >= 11 is 4.17. The molecule has 0 bridgehead atoms. The fourth-order valence-corrected chi connectivity index (χ4v) is 2.48. The third-order valence-electron chi connectivity index (χ3n) is 1.93. The highest BCUT2D eigenvalue weighted by atomic mass is 127. The maximum absolute atomic E-state index is 4.40. The second kappa shape index (κ2) is 7.59. The molecule has 0 spiro atoms. The fraction of sp³-hybridized carbons (Fsp3) is 0.700. The molecule has 0 unspecified atom stereocenters. The molecule has 0 aliphatic heterocycles. The van der Waals surface area contributed by atoms with Crippen molar-refractivity contribution in [3.05, 3.63) is 16.1 Å². The molecular weight excluding hydrogens is 307 g/mol. The Morgan fingerprint density at radius 2 is 2.29 bits per heavy atom. The minimum atomic E-state index is 0.933. The van der Waals surface area contributed by atoms with Gasteiger partial charge < -0.3 is 5.32 Å². The number of halogens is 1. The minimum Gasteiger partial charge on any atom is -0.310 e. The summed E-state index contributed by atoms with van der Waals surface area (Å²) in [4.78, 5) is 4.40. The van der Waals surface area contributed by atoms with Crippen molar-refractivity contribution in [2.24, 2.45) is 0 Å². The van der Waals surface area contributed by atoms with Crippen LogP contribution in [0.2, 0.25) is 0 Å². The lowest BCUT2D eigenvalue weighted by atomic mass is 10.2. The van der Waals surface area contributed by atoms with Crippen LogP contribution in [-0.2, 0) is 6.54 Å². The van der Waals surface area contributed by atoms with E-state index in [2.05, 4.69) is 38.3 Å². The van der Waals surface area contributed by atoms with E-state index >= 15 is 0 Å². The molecule has 0 atom stereocenters.